The molecule has 2 heterocycles. The van der Waals surface area contributed by atoms with Crippen LogP contribution in [0.5, 0.6) is 0 Å². The third-order valence-electron chi connectivity index (χ3n) is 3.59. The Bertz CT molecular complexity index is 603. The first-order chi connectivity index (χ1) is 9.79. The van der Waals surface area contributed by atoms with E-state index in [1.807, 2.05) is 13.8 Å². The molecule has 0 aliphatic carbocycles. The molecular formula is C13H22N4O3S. The molecule has 0 amide bonds. The van der Waals surface area contributed by atoms with Crippen molar-refractivity contribution in [1.29, 1.82) is 0 Å². The van der Waals surface area contributed by atoms with Crippen LogP contribution in [0, 0.1) is 19.8 Å². The highest BCUT2D eigenvalue weighted by molar-refractivity contribution is 7.89. The number of nitrogens with zero attached hydrogens (tertiary/aromatic N) is 3. The van der Waals surface area contributed by atoms with Gasteiger partial charge in [0.25, 0.3) is 0 Å². The Morgan fingerprint density at radius 1 is 1.38 bits per heavy atom. The summed E-state index contributed by atoms with van der Waals surface area (Å²) < 4.78 is 30.7. The second kappa shape index (κ2) is 6.25. The van der Waals surface area contributed by atoms with Gasteiger partial charge >= 0.3 is 0 Å². The van der Waals surface area contributed by atoms with Crippen molar-refractivity contribution in [3.8, 4) is 0 Å². The van der Waals surface area contributed by atoms with Crippen molar-refractivity contribution >= 4 is 15.8 Å². The van der Waals surface area contributed by atoms with E-state index in [1.54, 1.807) is 20.3 Å². The molecule has 1 aromatic rings. The summed E-state index contributed by atoms with van der Waals surface area (Å²) in [6.07, 6.45) is 1.76. The number of nitrogens with one attached hydrogen (secondary N) is 1. The van der Waals surface area contributed by atoms with E-state index >= 15 is 0 Å². The number of hydrogen-bond donors (Lipinski definition) is 1. The lowest BCUT2D eigenvalue weighted by Gasteiger charge is -2.22. The zero-order chi connectivity index (χ0) is 15.6. The van der Waals surface area contributed by atoms with Crippen molar-refractivity contribution < 1.29 is 13.2 Å². The Kier molecular flexibility index (Phi) is 4.80. The zero-order valence-corrected chi connectivity index (χ0v) is 13.6. The van der Waals surface area contributed by atoms with Crippen molar-refractivity contribution in [2.45, 2.75) is 19.9 Å². The van der Waals surface area contributed by atoms with Crippen molar-refractivity contribution in [2.24, 2.45) is 5.92 Å². The Balaban J connectivity index is 2.11. The van der Waals surface area contributed by atoms with Crippen LogP contribution in [0.2, 0.25) is 0 Å². The summed E-state index contributed by atoms with van der Waals surface area (Å²) in [5.74, 6) is 1.40. The van der Waals surface area contributed by atoms with Gasteiger partial charge in [-0.1, -0.05) is 0 Å². The molecule has 2 atom stereocenters. The van der Waals surface area contributed by atoms with Gasteiger partial charge in [0.15, 0.2) is 0 Å². The quantitative estimate of drug-likeness (QED) is 0.847. The maximum Gasteiger partial charge on any atom is 0.214 e. The monoisotopic (exact) mass is 314 g/mol. The topological polar surface area (TPSA) is 84.4 Å². The highest BCUT2D eigenvalue weighted by atomic mass is 32.2. The van der Waals surface area contributed by atoms with Gasteiger partial charge in [-0.05, 0) is 13.8 Å². The van der Waals surface area contributed by atoms with Crippen LogP contribution in [-0.2, 0) is 14.8 Å². The highest BCUT2D eigenvalue weighted by Gasteiger charge is 2.33. The fraction of sp³-hybridized carbons (Fsp3) is 0.692. The van der Waals surface area contributed by atoms with Crippen LogP contribution in [-0.4, -0.2) is 61.8 Å². The number of sulfonamides is 1. The summed E-state index contributed by atoms with van der Waals surface area (Å²) in [5, 5.41) is 3.30. The van der Waals surface area contributed by atoms with E-state index in [1.165, 1.54) is 4.31 Å². The molecule has 21 heavy (non-hydrogen) atoms. The number of rotatable bonds is 5. The van der Waals surface area contributed by atoms with E-state index in [0.29, 0.717) is 19.0 Å². The fourth-order valence-electron chi connectivity index (χ4n) is 2.19. The highest BCUT2D eigenvalue weighted by Crippen LogP contribution is 2.22. The molecule has 7 nitrogen and oxygen atoms in total. The Morgan fingerprint density at radius 2 is 2.10 bits per heavy atom. The molecule has 2 unspecified atom stereocenters. The second-order valence-electron chi connectivity index (χ2n) is 5.56. The first-order valence-electron chi connectivity index (χ1n) is 6.84. The minimum atomic E-state index is -3.24. The van der Waals surface area contributed by atoms with Gasteiger partial charge in [-0.3, -0.25) is 0 Å². The lowest BCUT2D eigenvalue weighted by molar-refractivity contribution is 0.187. The SMILES string of the molecule is Cc1ncc(C)c(NC2COCC2CS(=O)(=O)N(C)C)n1. The van der Waals surface area contributed by atoms with Crippen LogP contribution in [0.1, 0.15) is 11.4 Å². The minimum absolute atomic E-state index is 0.0623. The molecule has 0 radical (unpaired) electrons. The van der Waals surface area contributed by atoms with E-state index in [-0.39, 0.29) is 17.7 Å². The number of anilines is 1. The molecule has 8 heteroatoms. The molecule has 1 aromatic heterocycles. The summed E-state index contributed by atoms with van der Waals surface area (Å²) in [4.78, 5) is 8.50. The average Bonchev–Trinajstić information content (AvgIpc) is 2.80. The van der Waals surface area contributed by atoms with Crippen LogP contribution >= 0.6 is 0 Å². The predicted molar refractivity (Wildman–Crippen MR) is 80.7 cm³/mol. The lowest BCUT2D eigenvalue weighted by atomic mass is 10.1. The molecule has 1 fully saturated rings. The average molecular weight is 314 g/mol. The summed E-state index contributed by atoms with van der Waals surface area (Å²) in [6.45, 7) is 4.66. The Labute approximate surface area is 125 Å². The van der Waals surface area contributed by atoms with Gasteiger partial charge < -0.3 is 10.1 Å². The fourth-order valence-corrected chi connectivity index (χ4v) is 3.36. The number of aromatic nitrogens is 2. The van der Waals surface area contributed by atoms with Gasteiger partial charge in [0.2, 0.25) is 10.0 Å². The zero-order valence-electron chi connectivity index (χ0n) is 12.8. The van der Waals surface area contributed by atoms with Crippen LogP contribution in [0.4, 0.5) is 5.82 Å². The summed E-state index contributed by atoms with van der Waals surface area (Å²) >= 11 is 0. The standard InChI is InChI=1S/C13H22N4O3S/c1-9-5-14-10(2)15-13(9)16-12-7-20-6-11(12)8-21(18,19)17(3)4/h5,11-12H,6-8H2,1-4H3,(H,14,15,16). The molecule has 0 spiro atoms. The molecule has 0 saturated carbocycles. The molecule has 1 aliphatic heterocycles. The molecule has 1 saturated heterocycles. The molecular weight excluding hydrogens is 292 g/mol. The van der Waals surface area contributed by atoms with E-state index in [2.05, 4.69) is 15.3 Å². The third kappa shape index (κ3) is 3.90. The van der Waals surface area contributed by atoms with Gasteiger partial charge in [0, 0.05) is 31.8 Å². The van der Waals surface area contributed by atoms with Crippen LogP contribution < -0.4 is 5.32 Å². The Morgan fingerprint density at radius 3 is 2.76 bits per heavy atom. The summed E-state index contributed by atoms with van der Waals surface area (Å²) in [6, 6.07) is -0.0623. The van der Waals surface area contributed by atoms with E-state index < -0.39 is 10.0 Å². The smallest absolute Gasteiger partial charge is 0.214 e. The minimum Gasteiger partial charge on any atom is -0.379 e. The van der Waals surface area contributed by atoms with Crippen molar-refractivity contribution in [1.82, 2.24) is 14.3 Å². The molecule has 0 aromatic carbocycles. The predicted octanol–water partition coefficient (Wildman–Crippen LogP) is 0.412. The van der Waals surface area contributed by atoms with Gasteiger partial charge in [0.05, 0.1) is 25.0 Å². The van der Waals surface area contributed by atoms with E-state index in [4.69, 9.17) is 4.74 Å². The first-order valence-corrected chi connectivity index (χ1v) is 8.45. The number of hydrogen-bond acceptors (Lipinski definition) is 6. The van der Waals surface area contributed by atoms with E-state index in [9.17, 15) is 8.42 Å². The molecule has 1 aliphatic rings. The number of aryl methyl sites for hydroxylation is 2. The second-order valence-corrected chi connectivity index (χ2v) is 7.79. The van der Waals surface area contributed by atoms with Gasteiger partial charge in [0.1, 0.15) is 11.6 Å². The van der Waals surface area contributed by atoms with Gasteiger partial charge in [-0.2, -0.15) is 0 Å². The van der Waals surface area contributed by atoms with E-state index in [0.717, 1.165) is 11.4 Å². The summed E-state index contributed by atoms with van der Waals surface area (Å²) in [7, 11) is -0.150. The van der Waals surface area contributed by atoms with Gasteiger partial charge in [-0.25, -0.2) is 22.7 Å². The van der Waals surface area contributed by atoms with Gasteiger partial charge in [-0.15, -0.1) is 0 Å². The molecule has 118 valence electrons. The number of ether oxygens (including phenoxy) is 1. The lowest BCUT2D eigenvalue weighted by Crippen LogP contribution is -2.37. The summed E-state index contributed by atoms with van der Waals surface area (Å²) in [5.41, 5.74) is 0.932. The van der Waals surface area contributed by atoms with Crippen LogP contribution in [0.15, 0.2) is 6.20 Å². The Hall–Kier alpha value is -1.25. The largest absolute Gasteiger partial charge is 0.379 e. The maximum absolute atomic E-state index is 12.0. The van der Waals surface area contributed by atoms with Crippen molar-refractivity contribution in [3.63, 3.8) is 0 Å². The van der Waals surface area contributed by atoms with Crippen LogP contribution in [0.3, 0.4) is 0 Å². The van der Waals surface area contributed by atoms with Crippen molar-refractivity contribution in [3.05, 3.63) is 17.6 Å². The molecule has 0 bridgehead atoms. The normalized spacial score (nSPS) is 22.7. The molecule has 1 N–H and O–H groups in total. The van der Waals surface area contributed by atoms with Crippen LogP contribution in [0.25, 0.3) is 0 Å². The third-order valence-corrected chi connectivity index (χ3v) is 5.56. The van der Waals surface area contributed by atoms with Crippen molar-refractivity contribution in [2.75, 3.05) is 38.4 Å². The molecule has 2 rings (SSSR count). The first kappa shape index (κ1) is 16.1. The maximum atomic E-state index is 12.0.